The van der Waals surface area contributed by atoms with E-state index in [0.29, 0.717) is 24.6 Å². The SMILES string of the molecule is C[C@@H](NC(=O)C1CC1)C(=O)N1CCC[C@H]1c1ncc(C#Cc2ccc(-c3cnc([C@@H]4CCCN4C(=O)[C@@H](C)NC(=O)C4CC4)[nH]3)cc2)[nH]1. The molecular formula is C36H42N8O4. The largest absolute Gasteiger partial charge is 0.344 e. The number of benzene rings is 1. The summed E-state index contributed by atoms with van der Waals surface area (Å²) in [6.45, 7) is 4.79. The molecule has 4 atom stereocenters. The van der Waals surface area contributed by atoms with Gasteiger partial charge in [-0.05, 0) is 88.8 Å². The van der Waals surface area contributed by atoms with Gasteiger partial charge in [0.15, 0.2) is 0 Å². The zero-order valence-corrected chi connectivity index (χ0v) is 27.4. The molecule has 0 radical (unpaired) electrons. The Morgan fingerprint density at radius 1 is 0.729 bits per heavy atom. The minimum absolute atomic E-state index is 0.0274. The molecule has 2 aliphatic carbocycles. The molecule has 2 aromatic heterocycles. The van der Waals surface area contributed by atoms with Crippen molar-refractivity contribution >= 4 is 23.6 Å². The number of rotatable bonds is 9. The highest BCUT2D eigenvalue weighted by Crippen LogP contribution is 2.34. The van der Waals surface area contributed by atoms with Crippen LogP contribution < -0.4 is 10.6 Å². The number of carbonyl (C=O) groups is 4. The van der Waals surface area contributed by atoms with E-state index in [1.54, 1.807) is 26.2 Å². The Bertz CT molecular complexity index is 1760. The van der Waals surface area contributed by atoms with Gasteiger partial charge in [-0.2, -0.15) is 0 Å². The average molecular weight is 651 g/mol. The van der Waals surface area contributed by atoms with Gasteiger partial charge >= 0.3 is 0 Å². The van der Waals surface area contributed by atoms with E-state index < -0.39 is 12.1 Å². The summed E-state index contributed by atoms with van der Waals surface area (Å²) in [4.78, 5) is 70.2. The maximum Gasteiger partial charge on any atom is 0.245 e. The molecule has 2 aliphatic heterocycles. The van der Waals surface area contributed by atoms with Crippen molar-refractivity contribution in [2.24, 2.45) is 11.8 Å². The molecule has 4 fully saturated rings. The molecule has 2 saturated carbocycles. The first-order valence-electron chi connectivity index (χ1n) is 17.2. The summed E-state index contributed by atoms with van der Waals surface area (Å²) in [6.07, 6.45) is 10.5. The summed E-state index contributed by atoms with van der Waals surface area (Å²) in [5.41, 5.74) is 3.31. The lowest BCUT2D eigenvalue weighted by Gasteiger charge is -2.26. The molecule has 0 spiro atoms. The molecule has 3 aromatic rings. The molecule has 4 aliphatic rings. The molecule has 4 heterocycles. The second-order valence-corrected chi connectivity index (χ2v) is 13.6. The molecule has 1 aromatic carbocycles. The third kappa shape index (κ3) is 6.86. The number of imidazole rings is 2. The number of hydrogen-bond acceptors (Lipinski definition) is 6. The van der Waals surface area contributed by atoms with Crippen molar-refractivity contribution in [3.05, 3.63) is 59.6 Å². The van der Waals surface area contributed by atoms with Gasteiger partial charge in [0.1, 0.15) is 29.4 Å². The van der Waals surface area contributed by atoms with Gasteiger partial charge in [0.2, 0.25) is 23.6 Å². The van der Waals surface area contributed by atoms with E-state index in [-0.39, 0.29) is 47.5 Å². The summed E-state index contributed by atoms with van der Waals surface area (Å²) < 4.78 is 0. The number of nitrogens with zero attached hydrogens (tertiary/aromatic N) is 4. The van der Waals surface area contributed by atoms with Crippen molar-refractivity contribution in [2.75, 3.05) is 13.1 Å². The van der Waals surface area contributed by atoms with Crippen LogP contribution in [0.2, 0.25) is 0 Å². The average Bonchev–Trinajstić information content (AvgIpc) is 3.86. The molecule has 7 rings (SSSR count). The van der Waals surface area contributed by atoms with Crippen molar-refractivity contribution in [3.63, 3.8) is 0 Å². The maximum atomic E-state index is 13.2. The Labute approximate surface area is 279 Å². The molecule has 12 nitrogen and oxygen atoms in total. The summed E-state index contributed by atoms with van der Waals surface area (Å²) >= 11 is 0. The van der Waals surface area contributed by atoms with Crippen LogP contribution in [0.1, 0.15) is 100 Å². The van der Waals surface area contributed by atoms with E-state index in [2.05, 4.69) is 42.4 Å². The van der Waals surface area contributed by atoms with Crippen molar-refractivity contribution in [1.29, 1.82) is 0 Å². The second kappa shape index (κ2) is 13.3. The van der Waals surface area contributed by atoms with Gasteiger partial charge in [0.25, 0.3) is 0 Å². The zero-order chi connectivity index (χ0) is 33.4. The van der Waals surface area contributed by atoms with Crippen LogP contribution in [0.5, 0.6) is 0 Å². The minimum Gasteiger partial charge on any atom is -0.344 e. The Balaban J connectivity index is 0.960. The van der Waals surface area contributed by atoms with Crippen molar-refractivity contribution in [3.8, 4) is 23.1 Å². The summed E-state index contributed by atoms with van der Waals surface area (Å²) in [6, 6.07) is 6.43. The molecule has 48 heavy (non-hydrogen) atoms. The first-order valence-corrected chi connectivity index (χ1v) is 17.2. The van der Waals surface area contributed by atoms with E-state index in [1.165, 1.54) is 0 Å². The number of hydrogen-bond donors (Lipinski definition) is 4. The predicted octanol–water partition coefficient (Wildman–Crippen LogP) is 3.36. The zero-order valence-electron chi connectivity index (χ0n) is 27.4. The molecule has 4 amide bonds. The maximum absolute atomic E-state index is 13.2. The molecular weight excluding hydrogens is 608 g/mol. The van der Waals surface area contributed by atoms with Gasteiger partial charge in [-0.3, -0.25) is 19.2 Å². The van der Waals surface area contributed by atoms with Crippen LogP contribution in [-0.2, 0) is 19.2 Å². The Kier molecular flexibility index (Phi) is 8.77. The number of nitrogens with one attached hydrogen (secondary N) is 4. The van der Waals surface area contributed by atoms with Crippen molar-refractivity contribution in [1.82, 2.24) is 40.4 Å². The molecule has 250 valence electrons. The lowest BCUT2D eigenvalue weighted by Crippen LogP contribution is -2.47. The van der Waals surface area contributed by atoms with Crippen molar-refractivity contribution in [2.45, 2.75) is 89.4 Å². The second-order valence-electron chi connectivity index (χ2n) is 13.6. The third-order valence-electron chi connectivity index (χ3n) is 9.79. The topological polar surface area (TPSA) is 156 Å². The molecule has 4 N–H and O–H groups in total. The molecule has 0 bridgehead atoms. The number of aromatic amines is 2. The van der Waals surface area contributed by atoms with Crippen LogP contribution in [0.25, 0.3) is 11.3 Å². The van der Waals surface area contributed by atoms with Crippen LogP contribution in [0.4, 0.5) is 0 Å². The van der Waals surface area contributed by atoms with Gasteiger partial charge in [0, 0.05) is 30.5 Å². The Morgan fingerprint density at radius 3 is 1.79 bits per heavy atom. The predicted molar refractivity (Wildman–Crippen MR) is 177 cm³/mol. The van der Waals surface area contributed by atoms with Crippen molar-refractivity contribution < 1.29 is 19.2 Å². The first-order chi connectivity index (χ1) is 23.2. The Morgan fingerprint density at radius 2 is 1.25 bits per heavy atom. The lowest BCUT2D eigenvalue weighted by atomic mass is 10.1. The third-order valence-corrected chi connectivity index (χ3v) is 9.79. The minimum atomic E-state index is -0.563. The van der Waals surface area contributed by atoms with E-state index in [1.807, 2.05) is 34.1 Å². The van der Waals surface area contributed by atoms with Gasteiger partial charge < -0.3 is 30.4 Å². The number of amides is 4. The van der Waals surface area contributed by atoms with Gasteiger partial charge in [0.05, 0.1) is 30.2 Å². The highest BCUT2D eigenvalue weighted by molar-refractivity contribution is 5.90. The highest BCUT2D eigenvalue weighted by Gasteiger charge is 2.38. The van der Waals surface area contributed by atoms with Crippen LogP contribution in [-0.4, -0.2) is 78.5 Å². The van der Waals surface area contributed by atoms with Gasteiger partial charge in [-0.1, -0.05) is 18.1 Å². The highest BCUT2D eigenvalue weighted by atomic mass is 16.2. The van der Waals surface area contributed by atoms with Gasteiger partial charge in [-0.15, -0.1) is 0 Å². The fourth-order valence-electron chi connectivity index (χ4n) is 6.70. The monoisotopic (exact) mass is 650 g/mol. The quantitative estimate of drug-likeness (QED) is 0.260. The number of aromatic nitrogens is 4. The van der Waals surface area contributed by atoms with E-state index >= 15 is 0 Å². The number of likely N-dealkylation sites (tertiary alicyclic amines) is 2. The summed E-state index contributed by atoms with van der Waals surface area (Å²) in [5.74, 6) is 7.69. The summed E-state index contributed by atoms with van der Waals surface area (Å²) in [5, 5.41) is 5.74. The first kappa shape index (κ1) is 31.7. The van der Waals surface area contributed by atoms with Crippen LogP contribution in [0.3, 0.4) is 0 Å². The fraction of sp³-hybridized carbons (Fsp3) is 0.500. The molecule has 0 unspecified atom stereocenters. The van der Waals surface area contributed by atoms with E-state index in [0.717, 1.165) is 74.0 Å². The normalized spacial score (nSPS) is 21.7. The van der Waals surface area contributed by atoms with E-state index in [9.17, 15) is 19.2 Å². The van der Waals surface area contributed by atoms with Crippen LogP contribution in [0, 0.1) is 23.7 Å². The van der Waals surface area contributed by atoms with E-state index in [4.69, 9.17) is 0 Å². The number of H-pyrrole nitrogens is 2. The van der Waals surface area contributed by atoms with Crippen LogP contribution in [0.15, 0.2) is 36.7 Å². The smallest absolute Gasteiger partial charge is 0.245 e. The summed E-state index contributed by atoms with van der Waals surface area (Å²) in [7, 11) is 0. The molecule has 2 saturated heterocycles. The van der Waals surface area contributed by atoms with Gasteiger partial charge in [-0.25, -0.2) is 9.97 Å². The fourth-order valence-corrected chi connectivity index (χ4v) is 6.70. The lowest BCUT2D eigenvalue weighted by molar-refractivity contribution is -0.137. The van der Waals surface area contributed by atoms with Crippen LogP contribution >= 0.6 is 0 Å². The Hall–Kier alpha value is -4.92. The standard InChI is InChI=1S/C36H42N8O4/c1-21(39-33(45)25-12-13-25)35(47)43-17-3-5-29(43)31-37-19-27(41-31)16-9-23-7-10-24(11-8-23)28-20-38-32(42-28)30-6-4-18-44(30)36(48)22(2)40-34(46)26-14-15-26/h7-8,10-11,19-22,25-26,29-30H,3-6,12-15,17-18H2,1-2H3,(H,37,41)(H,38,42)(H,39,45)(H,40,46)/t21-,22-,29+,30+/m1/s1. The number of carbonyl (C=O) groups excluding carboxylic acids is 4. The molecule has 12 heteroatoms.